The monoisotopic (exact) mass is 427 g/mol. The van der Waals surface area contributed by atoms with E-state index in [1.54, 1.807) is 0 Å². The molecule has 1 aliphatic rings. The van der Waals surface area contributed by atoms with Gasteiger partial charge in [0.1, 0.15) is 0 Å². The minimum Gasteiger partial charge on any atom is -0.323 e. The fourth-order valence-electron chi connectivity index (χ4n) is 3.59. The molecule has 1 unspecified atom stereocenters. The quantitative estimate of drug-likeness (QED) is 0.251. The van der Waals surface area contributed by atoms with Crippen LogP contribution in [0.5, 0.6) is 0 Å². The van der Waals surface area contributed by atoms with E-state index in [1.807, 2.05) is 24.3 Å². The largest absolute Gasteiger partial charge is 0.323 e. The van der Waals surface area contributed by atoms with Crippen LogP contribution in [0.1, 0.15) is 50.5 Å². The number of benzene rings is 1. The van der Waals surface area contributed by atoms with Crippen LogP contribution in [0, 0.1) is 5.92 Å². The van der Waals surface area contributed by atoms with Crippen LogP contribution in [-0.2, 0) is 6.42 Å². The number of hydrogen-bond acceptors (Lipinski definition) is 10. The predicted molar refractivity (Wildman–Crippen MR) is 127 cm³/mol. The Kier molecular flexibility index (Phi) is 9.63. The van der Waals surface area contributed by atoms with E-state index >= 15 is 0 Å². The van der Waals surface area contributed by atoms with Gasteiger partial charge in [-0.25, -0.2) is 0 Å². The second-order valence-corrected chi connectivity index (χ2v) is 7.36. The van der Waals surface area contributed by atoms with Crippen LogP contribution in [0.4, 0.5) is 5.69 Å². The Balaban J connectivity index is 2.29. The van der Waals surface area contributed by atoms with Crippen LogP contribution >= 0.6 is 12.2 Å². The molecule has 8 N–H and O–H groups in total. The summed E-state index contributed by atoms with van der Waals surface area (Å²) in [6.45, 7) is 0. The molecule has 0 amide bonds. The molecule has 0 spiro atoms. The maximum Gasteiger partial charge on any atom is 0.0739 e. The van der Waals surface area contributed by atoms with Crippen molar-refractivity contribution in [1.29, 1.82) is 0 Å². The molecular formula is C20H29N9S. The number of hydrazone groups is 4. The second kappa shape index (κ2) is 12.5. The van der Waals surface area contributed by atoms with E-state index < -0.39 is 0 Å². The Morgan fingerprint density at radius 2 is 1.30 bits per heavy atom. The molecule has 1 aromatic carbocycles. The molecule has 1 saturated carbocycles. The van der Waals surface area contributed by atoms with Crippen molar-refractivity contribution >= 4 is 45.9 Å². The van der Waals surface area contributed by atoms with Crippen LogP contribution in [0.2, 0.25) is 0 Å². The molecule has 0 aromatic heterocycles. The molecule has 9 nitrogen and oxygen atoms in total. The van der Waals surface area contributed by atoms with Gasteiger partial charge in [0, 0.05) is 28.8 Å². The lowest BCUT2D eigenvalue weighted by Crippen LogP contribution is -2.25. The summed E-state index contributed by atoms with van der Waals surface area (Å²) >= 11 is 4.66. The van der Waals surface area contributed by atoms with E-state index in [0.717, 1.165) is 40.5 Å². The summed E-state index contributed by atoms with van der Waals surface area (Å²) in [6.07, 6.45) is 5.51. The highest BCUT2D eigenvalue weighted by Gasteiger charge is 2.22. The van der Waals surface area contributed by atoms with Gasteiger partial charge in [0.2, 0.25) is 0 Å². The van der Waals surface area contributed by atoms with Crippen molar-refractivity contribution in [2.45, 2.75) is 51.4 Å². The molecule has 10 heteroatoms. The van der Waals surface area contributed by atoms with Crippen LogP contribution in [0.15, 0.2) is 49.7 Å². The molecule has 0 bridgehead atoms. The first-order valence-electron chi connectivity index (χ1n) is 9.83. The number of aliphatic imine (C=N–C) groups is 1. The van der Waals surface area contributed by atoms with Gasteiger partial charge in [0.25, 0.3) is 0 Å². The van der Waals surface area contributed by atoms with Gasteiger partial charge in [-0.15, -0.1) is 0 Å². The SMILES string of the molecule is NN=C1CCC(=NN)CCC(=NN)C(Cc2ccc(N=C=S)cc2)CC(=NN)CC1. The van der Waals surface area contributed by atoms with Gasteiger partial charge in [-0.1, -0.05) is 12.1 Å². The van der Waals surface area contributed by atoms with E-state index in [1.165, 1.54) is 0 Å². The molecule has 1 aromatic rings. The fraction of sp³-hybridized carbons (Fsp3) is 0.450. The van der Waals surface area contributed by atoms with Gasteiger partial charge in [0.05, 0.1) is 10.8 Å². The first kappa shape index (κ1) is 23.2. The molecular weight excluding hydrogens is 398 g/mol. The highest BCUT2D eigenvalue weighted by Crippen LogP contribution is 2.22. The predicted octanol–water partition coefficient (Wildman–Crippen LogP) is 2.58. The van der Waals surface area contributed by atoms with Crippen molar-refractivity contribution in [3.8, 4) is 0 Å². The van der Waals surface area contributed by atoms with Crippen LogP contribution < -0.4 is 23.4 Å². The Morgan fingerprint density at radius 1 is 0.767 bits per heavy atom. The van der Waals surface area contributed by atoms with E-state index in [0.29, 0.717) is 44.9 Å². The number of rotatable bonds is 3. The fourth-order valence-corrected chi connectivity index (χ4v) is 3.69. The molecule has 1 atom stereocenters. The van der Waals surface area contributed by atoms with Crippen LogP contribution in [0.25, 0.3) is 0 Å². The Bertz CT molecular complexity index is 865. The zero-order valence-corrected chi connectivity index (χ0v) is 17.8. The van der Waals surface area contributed by atoms with Crippen LogP contribution in [-0.4, -0.2) is 28.0 Å². The van der Waals surface area contributed by atoms with E-state index in [2.05, 4.69) is 42.8 Å². The Hall–Kier alpha value is -3.10. The minimum absolute atomic E-state index is 0.0499. The van der Waals surface area contributed by atoms with Crippen molar-refractivity contribution in [2.75, 3.05) is 0 Å². The van der Waals surface area contributed by atoms with E-state index in [-0.39, 0.29) is 5.92 Å². The Morgan fingerprint density at radius 3 is 1.80 bits per heavy atom. The van der Waals surface area contributed by atoms with Crippen LogP contribution in [0.3, 0.4) is 0 Å². The average molecular weight is 428 g/mol. The third kappa shape index (κ3) is 7.06. The van der Waals surface area contributed by atoms with Crippen molar-refractivity contribution in [3.05, 3.63) is 29.8 Å². The van der Waals surface area contributed by atoms with Gasteiger partial charge in [-0.05, 0) is 81.3 Å². The van der Waals surface area contributed by atoms with Gasteiger partial charge >= 0.3 is 0 Å². The van der Waals surface area contributed by atoms with Gasteiger partial charge in [-0.3, -0.25) is 0 Å². The molecule has 2 rings (SSSR count). The van der Waals surface area contributed by atoms with Crippen molar-refractivity contribution in [1.82, 2.24) is 0 Å². The summed E-state index contributed by atoms with van der Waals surface area (Å²) in [4.78, 5) is 3.99. The van der Waals surface area contributed by atoms with Gasteiger partial charge in [-0.2, -0.15) is 25.4 Å². The number of thiocarbonyl (C=S) groups is 1. The smallest absolute Gasteiger partial charge is 0.0739 e. The molecule has 0 radical (unpaired) electrons. The van der Waals surface area contributed by atoms with Gasteiger partial charge < -0.3 is 23.4 Å². The normalized spacial score (nSPS) is 24.3. The number of nitrogens with two attached hydrogens (primary N) is 4. The maximum atomic E-state index is 5.78. The molecule has 0 aliphatic heterocycles. The summed E-state index contributed by atoms with van der Waals surface area (Å²) in [5.41, 5.74) is 5.47. The molecule has 1 fully saturated rings. The van der Waals surface area contributed by atoms with E-state index in [4.69, 9.17) is 23.4 Å². The van der Waals surface area contributed by atoms with Crippen molar-refractivity contribution in [2.24, 2.45) is 54.7 Å². The molecule has 30 heavy (non-hydrogen) atoms. The maximum absolute atomic E-state index is 5.78. The summed E-state index contributed by atoms with van der Waals surface area (Å²) in [7, 11) is 0. The number of isothiocyanates is 1. The first-order chi connectivity index (χ1) is 14.6. The topological polar surface area (TPSA) is 166 Å². The third-order valence-electron chi connectivity index (χ3n) is 5.33. The summed E-state index contributed by atoms with van der Waals surface area (Å²) in [5.74, 6) is 22.7. The lowest BCUT2D eigenvalue weighted by molar-refractivity contribution is 0.687. The van der Waals surface area contributed by atoms with Gasteiger partial charge in [0.15, 0.2) is 0 Å². The lowest BCUT2D eigenvalue weighted by atomic mass is 9.85. The average Bonchev–Trinajstić information content (AvgIpc) is 2.77. The number of hydrogen-bond donors (Lipinski definition) is 4. The summed E-state index contributed by atoms with van der Waals surface area (Å²) in [5, 5.41) is 18.4. The zero-order valence-electron chi connectivity index (χ0n) is 17.0. The third-order valence-corrected chi connectivity index (χ3v) is 5.43. The lowest BCUT2D eigenvalue weighted by Gasteiger charge is -2.21. The molecule has 0 saturated heterocycles. The van der Waals surface area contributed by atoms with Crippen molar-refractivity contribution in [3.63, 3.8) is 0 Å². The molecule has 0 heterocycles. The minimum atomic E-state index is 0.0499. The second-order valence-electron chi connectivity index (χ2n) is 7.18. The zero-order chi connectivity index (χ0) is 21.8. The highest BCUT2D eigenvalue weighted by atomic mass is 32.1. The standard InChI is InChI=1S/C20H29N9S/c21-26-17-5-6-18(27-22)9-10-20(29-24)15(12-19(28-23)8-7-17)11-14-1-3-16(4-2-14)25-13-30/h1-4,15H,5-12,21-24H2. The molecule has 160 valence electrons. The van der Waals surface area contributed by atoms with Crippen molar-refractivity contribution < 1.29 is 0 Å². The summed E-state index contributed by atoms with van der Waals surface area (Å²) in [6, 6.07) is 7.84. The summed E-state index contributed by atoms with van der Waals surface area (Å²) < 4.78 is 0. The first-order valence-corrected chi connectivity index (χ1v) is 10.2. The molecule has 1 aliphatic carbocycles. The Labute approximate surface area is 182 Å². The number of nitrogens with zero attached hydrogens (tertiary/aromatic N) is 5. The highest BCUT2D eigenvalue weighted by molar-refractivity contribution is 7.78. The van der Waals surface area contributed by atoms with E-state index in [9.17, 15) is 0 Å².